The normalized spacial score (nSPS) is 9.50. The van der Waals surface area contributed by atoms with Crippen molar-refractivity contribution in [3.8, 4) is 12.3 Å². The molecule has 0 atom stereocenters. The van der Waals surface area contributed by atoms with Crippen molar-refractivity contribution in [1.82, 2.24) is 20.2 Å². The Bertz CT molecular complexity index is 461. The van der Waals surface area contributed by atoms with Crippen molar-refractivity contribution in [2.75, 3.05) is 13.1 Å². The largest absolute Gasteiger partial charge is 0.476 e. The van der Waals surface area contributed by atoms with E-state index in [4.69, 9.17) is 11.5 Å². The molecule has 0 saturated carbocycles. The molecule has 0 fully saturated rings. The first kappa shape index (κ1) is 13.6. The third-order valence-electron chi connectivity index (χ3n) is 2.06. The zero-order chi connectivity index (χ0) is 13.4. The zero-order valence-electron chi connectivity index (χ0n) is 9.72. The number of nitrogens with zero attached hydrogens (tertiary/aromatic N) is 2. The summed E-state index contributed by atoms with van der Waals surface area (Å²) in [5.41, 5.74) is -0.0199. The molecule has 1 heterocycles. The Kier molecular flexibility index (Phi) is 5.25. The van der Waals surface area contributed by atoms with Crippen LogP contribution in [0.3, 0.4) is 0 Å². The van der Waals surface area contributed by atoms with Crippen LogP contribution in [0.25, 0.3) is 0 Å². The summed E-state index contributed by atoms with van der Waals surface area (Å²) in [4.78, 5) is 25.5. The summed E-state index contributed by atoms with van der Waals surface area (Å²) >= 11 is 0. The fourth-order valence-corrected chi connectivity index (χ4v) is 1.20. The molecule has 1 aromatic rings. The average molecular weight is 250 g/mol. The Hall–Kier alpha value is -2.49. The molecule has 3 N–H and O–H groups in total. The SMILES string of the molecule is C#CCCNC(=O)NCCn1cnc(C(=O)O)c1. The van der Waals surface area contributed by atoms with Crippen molar-refractivity contribution in [1.29, 1.82) is 0 Å². The number of carbonyl (C=O) groups is 2. The first-order valence-electron chi connectivity index (χ1n) is 5.33. The van der Waals surface area contributed by atoms with E-state index in [0.29, 0.717) is 26.1 Å². The molecule has 0 aliphatic heterocycles. The van der Waals surface area contributed by atoms with Crippen LogP contribution in [0.2, 0.25) is 0 Å². The summed E-state index contributed by atoms with van der Waals surface area (Å²) in [7, 11) is 0. The second-order valence-corrected chi connectivity index (χ2v) is 3.44. The predicted molar refractivity (Wildman–Crippen MR) is 64.0 cm³/mol. The van der Waals surface area contributed by atoms with Gasteiger partial charge in [-0.25, -0.2) is 14.6 Å². The van der Waals surface area contributed by atoms with Gasteiger partial charge in [0.2, 0.25) is 0 Å². The smallest absolute Gasteiger partial charge is 0.356 e. The van der Waals surface area contributed by atoms with E-state index in [1.807, 2.05) is 0 Å². The number of urea groups is 1. The van der Waals surface area contributed by atoms with Crippen LogP contribution in [0.4, 0.5) is 4.79 Å². The number of nitrogens with one attached hydrogen (secondary N) is 2. The Morgan fingerprint density at radius 1 is 1.44 bits per heavy atom. The second kappa shape index (κ2) is 6.96. The van der Waals surface area contributed by atoms with Gasteiger partial charge >= 0.3 is 12.0 Å². The van der Waals surface area contributed by atoms with Crippen LogP contribution >= 0.6 is 0 Å². The lowest BCUT2D eigenvalue weighted by Gasteiger charge is -2.06. The molecule has 7 heteroatoms. The Balaban J connectivity index is 2.22. The van der Waals surface area contributed by atoms with Crippen molar-refractivity contribution in [3.63, 3.8) is 0 Å². The van der Waals surface area contributed by atoms with Crippen molar-refractivity contribution in [3.05, 3.63) is 18.2 Å². The number of terminal acetylenes is 1. The minimum absolute atomic E-state index is 0.0199. The standard InChI is InChI=1S/C11H14N4O3/c1-2-3-4-12-11(18)13-5-6-15-7-9(10(16)17)14-8-15/h1,7-8H,3-6H2,(H,16,17)(H2,12,13,18). The van der Waals surface area contributed by atoms with Crippen LogP contribution in [-0.2, 0) is 6.54 Å². The number of hydrogen-bond donors (Lipinski definition) is 3. The summed E-state index contributed by atoms with van der Waals surface area (Å²) in [5, 5.41) is 13.9. The third-order valence-corrected chi connectivity index (χ3v) is 2.06. The van der Waals surface area contributed by atoms with E-state index in [-0.39, 0.29) is 11.7 Å². The van der Waals surface area contributed by atoms with Crippen LogP contribution in [0.15, 0.2) is 12.5 Å². The van der Waals surface area contributed by atoms with E-state index in [1.165, 1.54) is 12.5 Å². The molecule has 2 amide bonds. The molecule has 0 aliphatic rings. The van der Waals surface area contributed by atoms with Gasteiger partial charge in [-0.05, 0) is 0 Å². The van der Waals surface area contributed by atoms with E-state index in [2.05, 4.69) is 21.5 Å². The molecule has 7 nitrogen and oxygen atoms in total. The molecule has 1 aromatic heterocycles. The highest BCUT2D eigenvalue weighted by Crippen LogP contribution is 1.95. The number of amides is 2. The Morgan fingerprint density at radius 2 is 2.17 bits per heavy atom. The zero-order valence-corrected chi connectivity index (χ0v) is 9.72. The highest BCUT2D eigenvalue weighted by atomic mass is 16.4. The van der Waals surface area contributed by atoms with Gasteiger partial charge < -0.3 is 20.3 Å². The maximum absolute atomic E-state index is 11.2. The fraction of sp³-hybridized carbons (Fsp3) is 0.364. The van der Waals surface area contributed by atoms with E-state index < -0.39 is 5.97 Å². The Morgan fingerprint density at radius 3 is 2.78 bits per heavy atom. The van der Waals surface area contributed by atoms with Gasteiger partial charge in [0.15, 0.2) is 5.69 Å². The summed E-state index contributed by atoms with van der Waals surface area (Å²) in [6.45, 7) is 1.25. The highest BCUT2D eigenvalue weighted by Gasteiger charge is 2.06. The van der Waals surface area contributed by atoms with Crippen molar-refractivity contribution >= 4 is 12.0 Å². The predicted octanol–water partition coefficient (Wildman–Crippen LogP) is -0.0962. The van der Waals surface area contributed by atoms with Crippen LogP contribution in [0.1, 0.15) is 16.9 Å². The van der Waals surface area contributed by atoms with Gasteiger partial charge in [-0.15, -0.1) is 12.3 Å². The number of carboxylic acid groups (broad SMARTS) is 1. The number of rotatable bonds is 6. The lowest BCUT2D eigenvalue weighted by molar-refractivity contribution is 0.0691. The molecule has 0 saturated heterocycles. The van der Waals surface area contributed by atoms with Gasteiger partial charge in [0.05, 0.1) is 6.33 Å². The number of aromatic nitrogens is 2. The molecular weight excluding hydrogens is 236 g/mol. The molecule has 0 spiro atoms. The van der Waals surface area contributed by atoms with Gasteiger partial charge in [0, 0.05) is 32.3 Å². The average Bonchev–Trinajstić information content (AvgIpc) is 2.78. The summed E-state index contributed by atoms with van der Waals surface area (Å²) < 4.78 is 1.59. The van der Waals surface area contributed by atoms with E-state index in [1.54, 1.807) is 4.57 Å². The molecule has 0 aliphatic carbocycles. The maximum atomic E-state index is 11.2. The molecule has 18 heavy (non-hydrogen) atoms. The van der Waals surface area contributed by atoms with Crippen LogP contribution in [0.5, 0.6) is 0 Å². The van der Waals surface area contributed by atoms with Gasteiger partial charge in [-0.1, -0.05) is 0 Å². The lowest BCUT2D eigenvalue weighted by Crippen LogP contribution is -2.37. The number of imidazole rings is 1. The molecule has 0 radical (unpaired) electrons. The molecule has 0 bridgehead atoms. The monoisotopic (exact) mass is 250 g/mol. The summed E-state index contributed by atoms with van der Waals surface area (Å²) in [5.74, 6) is 1.33. The van der Waals surface area contributed by atoms with E-state index in [0.717, 1.165) is 0 Å². The number of aromatic carboxylic acids is 1. The molecule has 0 unspecified atom stereocenters. The second-order valence-electron chi connectivity index (χ2n) is 3.44. The summed E-state index contributed by atoms with van der Waals surface area (Å²) in [6, 6.07) is -0.302. The van der Waals surface area contributed by atoms with Gasteiger partial charge in [0.1, 0.15) is 0 Å². The van der Waals surface area contributed by atoms with Crippen molar-refractivity contribution < 1.29 is 14.7 Å². The molecule has 96 valence electrons. The summed E-state index contributed by atoms with van der Waals surface area (Å²) in [6.07, 6.45) is 8.33. The number of carbonyl (C=O) groups excluding carboxylic acids is 1. The minimum atomic E-state index is -1.08. The molecule has 0 aromatic carbocycles. The number of carboxylic acids is 1. The lowest BCUT2D eigenvalue weighted by atomic mass is 10.4. The first-order chi connectivity index (χ1) is 8.63. The first-order valence-corrected chi connectivity index (χ1v) is 5.33. The van der Waals surface area contributed by atoms with E-state index >= 15 is 0 Å². The molecular formula is C11H14N4O3. The maximum Gasteiger partial charge on any atom is 0.356 e. The van der Waals surface area contributed by atoms with Crippen LogP contribution in [0, 0.1) is 12.3 Å². The minimum Gasteiger partial charge on any atom is -0.476 e. The third kappa shape index (κ3) is 4.57. The number of hydrogen-bond acceptors (Lipinski definition) is 3. The molecule has 1 rings (SSSR count). The van der Waals surface area contributed by atoms with Crippen LogP contribution < -0.4 is 10.6 Å². The van der Waals surface area contributed by atoms with Gasteiger partial charge in [0.25, 0.3) is 0 Å². The quantitative estimate of drug-likeness (QED) is 0.485. The van der Waals surface area contributed by atoms with Gasteiger partial charge in [-0.3, -0.25) is 0 Å². The van der Waals surface area contributed by atoms with Crippen LogP contribution in [-0.4, -0.2) is 39.7 Å². The van der Waals surface area contributed by atoms with E-state index in [9.17, 15) is 9.59 Å². The fourth-order valence-electron chi connectivity index (χ4n) is 1.20. The van der Waals surface area contributed by atoms with Crippen molar-refractivity contribution in [2.45, 2.75) is 13.0 Å². The Labute approximate surface area is 104 Å². The van der Waals surface area contributed by atoms with Gasteiger partial charge in [-0.2, -0.15) is 0 Å². The highest BCUT2D eigenvalue weighted by molar-refractivity contribution is 5.84. The topological polar surface area (TPSA) is 96.3 Å². The van der Waals surface area contributed by atoms with Crippen molar-refractivity contribution in [2.24, 2.45) is 0 Å².